The molecule has 31 heavy (non-hydrogen) atoms. The van der Waals surface area contributed by atoms with Crippen LogP contribution in [0.2, 0.25) is 0 Å². The summed E-state index contributed by atoms with van der Waals surface area (Å²) >= 11 is 0. The molecule has 0 radical (unpaired) electrons. The molecule has 0 bridgehead atoms. The Bertz CT molecular complexity index is 702. The molecule has 7 nitrogen and oxygen atoms in total. The van der Waals surface area contributed by atoms with Crippen molar-refractivity contribution in [2.75, 3.05) is 39.9 Å². The topological polar surface area (TPSA) is 88.1 Å². The van der Waals surface area contributed by atoms with Crippen molar-refractivity contribution in [1.82, 2.24) is 10.2 Å². The quantitative estimate of drug-likeness (QED) is 0.624. The summed E-state index contributed by atoms with van der Waals surface area (Å²) in [4.78, 5) is 23.5. The summed E-state index contributed by atoms with van der Waals surface area (Å²) in [5.74, 6) is -2.22. The van der Waals surface area contributed by atoms with Crippen molar-refractivity contribution in [2.45, 2.75) is 37.6 Å². The number of hydrogen-bond donors (Lipinski definition) is 2. The maximum atomic E-state index is 12.2. The molecule has 2 aliphatic heterocycles. The fourth-order valence-electron chi connectivity index (χ4n) is 3.69. The number of carbonyl (C=O) groups excluding carboxylic acids is 1. The molecule has 0 unspecified atom stereocenters. The molecular formula is C21H29F3N2O5. The Morgan fingerprint density at radius 2 is 1.97 bits per heavy atom. The highest BCUT2D eigenvalue weighted by Crippen LogP contribution is 2.33. The highest BCUT2D eigenvalue weighted by atomic mass is 19.4. The predicted molar refractivity (Wildman–Crippen MR) is 107 cm³/mol. The van der Waals surface area contributed by atoms with E-state index in [4.69, 9.17) is 19.4 Å². The Balaban J connectivity index is 0.000000423. The number of carbonyl (C=O) groups is 2. The van der Waals surface area contributed by atoms with Crippen molar-refractivity contribution < 1.29 is 37.3 Å². The van der Waals surface area contributed by atoms with E-state index < -0.39 is 12.1 Å². The first-order valence-corrected chi connectivity index (χ1v) is 10.2. The SMILES string of the molecule is COCCNC(=O)[C@H]1C[C@@H]2CCN(CCc3ccccc3)C[C@@H]2O1.O=C(O)C(F)(F)F. The molecule has 0 saturated carbocycles. The third-order valence-electron chi connectivity index (χ3n) is 5.34. The molecule has 1 amide bonds. The number of halogens is 3. The second-order valence-corrected chi connectivity index (χ2v) is 7.57. The highest BCUT2D eigenvalue weighted by Gasteiger charge is 2.41. The van der Waals surface area contributed by atoms with Gasteiger partial charge in [0.15, 0.2) is 0 Å². The van der Waals surface area contributed by atoms with Crippen molar-refractivity contribution in [3.05, 3.63) is 35.9 Å². The molecule has 0 aromatic heterocycles. The summed E-state index contributed by atoms with van der Waals surface area (Å²) < 4.78 is 42.7. The van der Waals surface area contributed by atoms with Crippen molar-refractivity contribution >= 4 is 11.9 Å². The molecular weight excluding hydrogens is 417 g/mol. The largest absolute Gasteiger partial charge is 0.490 e. The van der Waals surface area contributed by atoms with E-state index in [2.05, 4.69) is 40.5 Å². The van der Waals surface area contributed by atoms with Crippen LogP contribution in [0.3, 0.4) is 0 Å². The Hall–Kier alpha value is -2.17. The number of fused-ring (bicyclic) bond motifs is 1. The van der Waals surface area contributed by atoms with Crippen LogP contribution in [-0.4, -0.2) is 80.2 Å². The standard InChI is InChI=1S/C19H28N2O3.C2HF3O2/c1-23-12-9-20-19(22)17-13-16-8-11-21(14-18(16)24-17)10-7-15-5-3-2-4-6-15;3-2(4,5)1(6)7/h2-6,16-18H,7-14H2,1H3,(H,20,22);(H,6,7)/t16-,17+,18-;/m0./s1. The number of nitrogens with zero attached hydrogens (tertiary/aromatic N) is 1. The van der Waals surface area contributed by atoms with Gasteiger partial charge in [-0.1, -0.05) is 30.3 Å². The average molecular weight is 446 g/mol. The predicted octanol–water partition coefficient (Wildman–Crippen LogP) is 2.10. The Morgan fingerprint density at radius 1 is 1.29 bits per heavy atom. The fourth-order valence-corrected chi connectivity index (χ4v) is 3.69. The molecule has 2 saturated heterocycles. The van der Waals surface area contributed by atoms with Gasteiger partial charge in [0.2, 0.25) is 5.91 Å². The summed E-state index contributed by atoms with van der Waals surface area (Å²) in [6.45, 7) is 4.20. The fraction of sp³-hybridized carbons (Fsp3) is 0.619. The van der Waals surface area contributed by atoms with Crippen LogP contribution in [0.25, 0.3) is 0 Å². The number of alkyl halides is 3. The number of benzene rings is 1. The molecule has 2 N–H and O–H groups in total. The van der Waals surface area contributed by atoms with Gasteiger partial charge in [-0.3, -0.25) is 4.79 Å². The zero-order valence-corrected chi connectivity index (χ0v) is 17.4. The van der Waals surface area contributed by atoms with E-state index in [1.165, 1.54) is 5.56 Å². The van der Waals surface area contributed by atoms with Crippen molar-refractivity contribution in [2.24, 2.45) is 5.92 Å². The Labute approximate surface area is 179 Å². The molecule has 0 spiro atoms. The lowest BCUT2D eigenvalue weighted by Gasteiger charge is -2.34. The van der Waals surface area contributed by atoms with Gasteiger partial charge in [0, 0.05) is 26.7 Å². The van der Waals surface area contributed by atoms with Crippen molar-refractivity contribution in [3.63, 3.8) is 0 Å². The lowest BCUT2D eigenvalue weighted by molar-refractivity contribution is -0.192. The van der Waals surface area contributed by atoms with E-state index in [0.29, 0.717) is 19.1 Å². The summed E-state index contributed by atoms with van der Waals surface area (Å²) in [5, 5.41) is 10.0. The molecule has 2 fully saturated rings. The van der Waals surface area contributed by atoms with Crippen LogP contribution in [0, 0.1) is 5.92 Å². The molecule has 2 aliphatic rings. The van der Waals surface area contributed by atoms with Crippen molar-refractivity contribution in [1.29, 1.82) is 0 Å². The molecule has 3 atom stereocenters. The molecule has 2 heterocycles. The van der Waals surface area contributed by atoms with E-state index in [0.717, 1.165) is 38.9 Å². The maximum absolute atomic E-state index is 12.2. The monoisotopic (exact) mass is 446 g/mol. The summed E-state index contributed by atoms with van der Waals surface area (Å²) in [7, 11) is 1.64. The van der Waals surface area contributed by atoms with Gasteiger partial charge >= 0.3 is 12.1 Å². The second-order valence-electron chi connectivity index (χ2n) is 7.57. The zero-order valence-electron chi connectivity index (χ0n) is 17.4. The van der Waals surface area contributed by atoms with Crippen LogP contribution in [0.15, 0.2) is 30.3 Å². The molecule has 0 aliphatic carbocycles. The van der Waals surface area contributed by atoms with Crippen LogP contribution >= 0.6 is 0 Å². The maximum Gasteiger partial charge on any atom is 0.490 e. The normalized spacial score (nSPS) is 23.4. The lowest BCUT2D eigenvalue weighted by Crippen LogP contribution is -2.43. The number of carboxylic acids is 1. The minimum atomic E-state index is -5.08. The van der Waals surface area contributed by atoms with E-state index in [-0.39, 0.29) is 18.1 Å². The molecule has 174 valence electrons. The minimum Gasteiger partial charge on any atom is -0.475 e. The first-order chi connectivity index (χ1) is 14.7. The van der Waals surface area contributed by atoms with Gasteiger partial charge < -0.3 is 24.8 Å². The summed E-state index contributed by atoms with van der Waals surface area (Å²) in [6, 6.07) is 10.6. The zero-order chi connectivity index (χ0) is 22.9. The first kappa shape index (κ1) is 25.1. The average Bonchev–Trinajstić information content (AvgIpc) is 3.16. The third-order valence-corrected chi connectivity index (χ3v) is 5.34. The van der Waals surface area contributed by atoms with Gasteiger partial charge in [0.05, 0.1) is 12.7 Å². The van der Waals surface area contributed by atoms with E-state index >= 15 is 0 Å². The van der Waals surface area contributed by atoms with Crippen LogP contribution in [0.1, 0.15) is 18.4 Å². The number of likely N-dealkylation sites (tertiary alicyclic amines) is 1. The Kier molecular flexibility index (Phi) is 9.73. The summed E-state index contributed by atoms with van der Waals surface area (Å²) in [6.07, 6.45) is -2.12. The van der Waals surface area contributed by atoms with E-state index in [1.807, 2.05) is 0 Å². The Morgan fingerprint density at radius 3 is 2.58 bits per heavy atom. The lowest BCUT2D eigenvalue weighted by atomic mass is 9.91. The van der Waals surface area contributed by atoms with Gasteiger partial charge in [-0.05, 0) is 37.3 Å². The number of methoxy groups -OCH3 is 1. The third kappa shape index (κ3) is 8.47. The number of ether oxygens (including phenoxy) is 2. The summed E-state index contributed by atoms with van der Waals surface area (Å²) in [5.41, 5.74) is 1.38. The van der Waals surface area contributed by atoms with E-state index in [1.54, 1.807) is 7.11 Å². The first-order valence-electron chi connectivity index (χ1n) is 10.2. The number of rotatable bonds is 7. The number of nitrogens with one attached hydrogen (secondary N) is 1. The van der Waals surface area contributed by atoms with E-state index in [9.17, 15) is 18.0 Å². The van der Waals surface area contributed by atoms with Crippen LogP contribution < -0.4 is 5.32 Å². The number of piperidine rings is 1. The van der Waals surface area contributed by atoms with Crippen LogP contribution in [0.4, 0.5) is 13.2 Å². The number of amides is 1. The van der Waals surface area contributed by atoms with Gasteiger partial charge in [-0.2, -0.15) is 13.2 Å². The molecule has 1 aromatic carbocycles. The number of aliphatic carboxylic acids is 1. The van der Waals surface area contributed by atoms with Gasteiger partial charge in [-0.15, -0.1) is 0 Å². The van der Waals surface area contributed by atoms with Crippen LogP contribution in [0.5, 0.6) is 0 Å². The van der Waals surface area contributed by atoms with Gasteiger partial charge in [0.25, 0.3) is 0 Å². The number of carboxylic acid groups (broad SMARTS) is 1. The van der Waals surface area contributed by atoms with Gasteiger partial charge in [-0.25, -0.2) is 4.79 Å². The second kappa shape index (κ2) is 12.0. The molecule has 1 aromatic rings. The molecule has 3 rings (SSSR count). The van der Waals surface area contributed by atoms with Crippen molar-refractivity contribution in [3.8, 4) is 0 Å². The smallest absolute Gasteiger partial charge is 0.475 e. The van der Waals surface area contributed by atoms with Gasteiger partial charge in [0.1, 0.15) is 6.10 Å². The highest BCUT2D eigenvalue weighted by molar-refractivity contribution is 5.81. The molecule has 10 heteroatoms. The number of hydrogen-bond acceptors (Lipinski definition) is 5. The van der Waals surface area contributed by atoms with Crippen LogP contribution in [-0.2, 0) is 25.5 Å². The minimum absolute atomic E-state index is 0.0114.